The van der Waals surface area contributed by atoms with Gasteiger partial charge in [-0.1, -0.05) is 0 Å². The molecule has 1 amide bonds. The standard InChI is InChI=1S/C15H29N3O/c1-11(2)17-15(19)12(3)18-10-4-5-14(18)13-6-8-16-9-7-13/h11-14,16H,4-10H2,1-3H3,(H,17,19). The summed E-state index contributed by atoms with van der Waals surface area (Å²) >= 11 is 0. The van der Waals surface area contributed by atoms with Crippen molar-refractivity contribution < 1.29 is 4.79 Å². The number of rotatable bonds is 4. The first-order valence-corrected chi connectivity index (χ1v) is 7.86. The largest absolute Gasteiger partial charge is 0.353 e. The maximum absolute atomic E-state index is 12.2. The summed E-state index contributed by atoms with van der Waals surface area (Å²) in [6.45, 7) is 9.49. The molecule has 0 spiro atoms. The highest BCUT2D eigenvalue weighted by Crippen LogP contribution is 2.30. The molecule has 0 bridgehead atoms. The van der Waals surface area contributed by atoms with Crippen LogP contribution in [0.3, 0.4) is 0 Å². The van der Waals surface area contributed by atoms with Crippen LogP contribution in [-0.2, 0) is 4.79 Å². The SMILES string of the molecule is CC(C)NC(=O)C(C)N1CCCC1C1CCNCC1. The minimum absolute atomic E-state index is 0.0183. The number of likely N-dealkylation sites (tertiary alicyclic amines) is 1. The van der Waals surface area contributed by atoms with Crippen LogP contribution in [0.1, 0.15) is 46.5 Å². The van der Waals surface area contributed by atoms with Crippen LogP contribution in [0.15, 0.2) is 0 Å². The molecule has 2 fully saturated rings. The predicted octanol–water partition coefficient (Wildman–Crippen LogP) is 1.36. The molecule has 0 aromatic heterocycles. The van der Waals surface area contributed by atoms with Gasteiger partial charge in [-0.2, -0.15) is 0 Å². The lowest BCUT2D eigenvalue weighted by Gasteiger charge is -2.37. The number of hydrogen-bond donors (Lipinski definition) is 2. The molecule has 0 aromatic carbocycles. The molecule has 2 atom stereocenters. The molecule has 0 radical (unpaired) electrons. The molecule has 2 rings (SSSR count). The van der Waals surface area contributed by atoms with Gasteiger partial charge in [-0.3, -0.25) is 9.69 Å². The first-order valence-electron chi connectivity index (χ1n) is 7.86. The van der Waals surface area contributed by atoms with Crippen molar-refractivity contribution in [2.45, 2.75) is 64.6 Å². The van der Waals surface area contributed by atoms with Crippen LogP contribution in [0.2, 0.25) is 0 Å². The number of nitrogens with zero attached hydrogens (tertiary/aromatic N) is 1. The van der Waals surface area contributed by atoms with Crippen LogP contribution in [0.5, 0.6) is 0 Å². The molecule has 0 saturated carbocycles. The minimum atomic E-state index is 0.0183. The number of amides is 1. The van der Waals surface area contributed by atoms with Gasteiger partial charge in [0.1, 0.15) is 0 Å². The molecule has 19 heavy (non-hydrogen) atoms. The van der Waals surface area contributed by atoms with E-state index in [4.69, 9.17) is 0 Å². The third-order valence-corrected chi connectivity index (χ3v) is 4.58. The van der Waals surface area contributed by atoms with E-state index in [2.05, 4.69) is 22.5 Å². The van der Waals surface area contributed by atoms with Gasteiger partial charge in [0.15, 0.2) is 0 Å². The van der Waals surface area contributed by atoms with Crippen molar-refractivity contribution >= 4 is 5.91 Å². The van der Waals surface area contributed by atoms with Gasteiger partial charge in [-0.15, -0.1) is 0 Å². The number of hydrogen-bond acceptors (Lipinski definition) is 3. The van der Waals surface area contributed by atoms with E-state index in [1.807, 2.05) is 13.8 Å². The minimum Gasteiger partial charge on any atom is -0.353 e. The normalized spacial score (nSPS) is 27.7. The fraction of sp³-hybridized carbons (Fsp3) is 0.933. The van der Waals surface area contributed by atoms with E-state index in [0.29, 0.717) is 6.04 Å². The lowest BCUT2D eigenvalue weighted by molar-refractivity contribution is -0.127. The predicted molar refractivity (Wildman–Crippen MR) is 78.1 cm³/mol. The van der Waals surface area contributed by atoms with E-state index in [9.17, 15) is 4.79 Å². The van der Waals surface area contributed by atoms with E-state index < -0.39 is 0 Å². The maximum atomic E-state index is 12.2. The Hall–Kier alpha value is -0.610. The van der Waals surface area contributed by atoms with Gasteiger partial charge >= 0.3 is 0 Å². The van der Waals surface area contributed by atoms with Gasteiger partial charge in [-0.05, 0) is 72.0 Å². The Morgan fingerprint density at radius 1 is 1.21 bits per heavy atom. The topological polar surface area (TPSA) is 44.4 Å². The average molecular weight is 267 g/mol. The Bertz CT molecular complexity index is 300. The van der Waals surface area contributed by atoms with Gasteiger partial charge in [0.2, 0.25) is 5.91 Å². The monoisotopic (exact) mass is 267 g/mol. The second-order valence-corrected chi connectivity index (χ2v) is 6.37. The van der Waals surface area contributed by atoms with Gasteiger partial charge in [0, 0.05) is 12.1 Å². The quantitative estimate of drug-likeness (QED) is 0.808. The Kier molecular flexibility index (Phi) is 5.22. The van der Waals surface area contributed by atoms with Crippen molar-refractivity contribution in [3.8, 4) is 0 Å². The third-order valence-electron chi connectivity index (χ3n) is 4.58. The van der Waals surface area contributed by atoms with Crippen molar-refractivity contribution in [1.29, 1.82) is 0 Å². The number of piperidine rings is 1. The molecule has 2 heterocycles. The summed E-state index contributed by atoms with van der Waals surface area (Å²) < 4.78 is 0. The average Bonchev–Trinajstić information content (AvgIpc) is 2.87. The van der Waals surface area contributed by atoms with E-state index in [1.165, 1.54) is 25.7 Å². The van der Waals surface area contributed by atoms with Crippen LogP contribution in [0.25, 0.3) is 0 Å². The molecule has 4 heteroatoms. The molecule has 0 aliphatic carbocycles. The summed E-state index contributed by atoms with van der Waals surface area (Å²) in [5, 5.41) is 6.48. The highest BCUT2D eigenvalue weighted by molar-refractivity contribution is 5.81. The van der Waals surface area contributed by atoms with Crippen LogP contribution >= 0.6 is 0 Å². The Morgan fingerprint density at radius 3 is 2.53 bits per heavy atom. The number of carbonyl (C=O) groups is 1. The van der Waals surface area contributed by atoms with Crippen LogP contribution in [-0.4, -0.2) is 48.6 Å². The molecule has 2 saturated heterocycles. The van der Waals surface area contributed by atoms with Crippen LogP contribution in [0, 0.1) is 5.92 Å². The summed E-state index contributed by atoms with van der Waals surface area (Å²) in [5.41, 5.74) is 0. The zero-order valence-electron chi connectivity index (χ0n) is 12.6. The van der Waals surface area contributed by atoms with E-state index in [-0.39, 0.29) is 18.0 Å². The fourth-order valence-electron chi connectivity index (χ4n) is 3.59. The molecular weight excluding hydrogens is 238 g/mol. The van der Waals surface area contributed by atoms with Gasteiger partial charge in [0.05, 0.1) is 6.04 Å². The smallest absolute Gasteiger partial charge is 0.237 e. The lowest BCUT2D eigenvalue weighted by Crippen LogP contribution is -2.51. The second kappa shape index (κ2) is 6.71. The van der Waals surface area contributed by atoms with E-state index in [1.54, 1.807) is 0 Å². The zero-order valence-corrected chi connectivity index (χ0v) is 12.6. The van der Waals surface area contributed by atoms with Crippen molar-refractivity contribution in [2.75, 3.05) is 19.6 Å². The summed E-state index contributed by atoms with van der Waals surface area (Å²) in [5.74, 6) is 0.967. The molecule has 0 aromatic rings. The fourth-order valence-corrected chi connectivity index (χ4v) is 3.59. The second-order valence-electron chi connectivity index (χ2n) is 6.37. The molecule has 110 valence electrons. The summed E-state index contributed by atoms with van der Waals surface area (Å²) in [4.78, 5) is 14.7. The highest BCUT2D eigenvalue weighted by Gasteiger charge is 2.36. The highest BCUT2D eigenvalue weighted by atomic mass is 16.2. The van der Waals surface area contributed by atoms with Crippen LogP contribution < -0.4 is 10.6 Å². The molecule has 4 nitrogen and oxygen atoms in total. The van der Waals surface area contributed by atoms with Crippen molar-refractivity contribution in [3.63, 3.8) is 0 Å². The molecule has 2 N–H and O–H groups in total. The Morgan fingerprint density at radius 2 is 1.89 bits per heavy atom. The maximum Gasteiger partial charge on any atom is 0.237 e. The number of carbonyl (C=O) groups excluding carboxylic acids is 1. The third kappa shape index (κ3) is 3.69. The Labute approximate surface area is 117 Å². The van der Waals surface area contributed by atoms with E-state index >= 15 is 0 Å². The zero-order chi connectivity index (χ0) is 13.8. The van der Waals surface area contributed by atoms with Gasteiger partial charge in [0.25, 0.3) is 0 Å². The van der Waals surface area contributed by atoms with Crippen LogP contribution in [0.4, 0.5) is 0 Å². The first-order chi connectivity index (χ1) is 9.09. The molecule has 2 aliphatic rings. The van der Waals surface area contributed by atoms with Crippen molar-refractivity contribution in [2.24, 2.45) is 5.92 Å². The first kappa shape index (κ1) is 14.8. The van der Waals surface area contributed by atoms with Crippen molar-refractivity contribution in [1.82, 2.24) is 15.5 Å². The van der Waals surface area contributed by atoms with Gasteiger partial charge in [-0.25, -0.2) is 0 Å². The molecular formula is C15H29N3O. The molecule has 2 unspecified atom stereocenters. The molecule has 2 aliphatic heterocycles. The number of nitrogens with one attached hydrogen (secondary N) is 2. The lowest BCUT2D eigenvalue weighted by atomic mass is 9.88. The Balaban J connectivity index is 1.95. The summed E-state index contributed by atoms with van der Waals surface area (Å²) in [6, 6.07) is 0.870. The summed E-state index contributed by atoms with van der Waals surface area (Å²) in [7, 11) is 0. The van der Waals surface area contributed by atoms with E-state index in [0.717, 1.165) is 25.6 Å². The van der Waals surface area contributed by atoms with Gasteiger partial charge < -0.3 is 10.6 Å². The summed E-state index contributed by atoms with van der Waals surface area (Å²) in [6.07, 6.45) is 5.04. The van der Waals surface area contributed by atoms with Crippen molar-refractivity contribution in [3.05, 3.63) is 0 Å².